The van der Waals surface area contributed by atoms with Crippen LogP contribution in [0.2, 0.25) is 5.02 Å². The average molecular weight is 329 g/mol. The van der Waals surface area contributed by atoms with Crippen LogP contribution in [0.3, 0.4) is 0 Å². The van der Waals surface area contributed by atoms with Crippen molar-refractivity contribution in [2.45, 2.75) is 6.54 Å². The lowest BCUT2D eigenvalue weighted by Gasteiger charge is -2.09. The van der Waals surface area contributed by atoms with Gasteiger partial charge in [-0.05, 0) is 51.8 Å². The Kier molecular flexibility index (Phi) is 3.99. The third-order valence-electron chi connectivity index (χ3n) is 2.45. The van der Waals surface area contributed by atoms with Gasteiger partial charge in [0.15, 0.2) is 11.5 Å². The Bertz CT molecular complexity index is 575. The minimum atomic E-state index is -0.126. The van der Waals surface area contributed by atoms with Crippen LogP contribution in [-0.4, -0.2) is 10.2 Å². The zero-order chi connectivity index (χ0) is 13.1. The lowest BCUT2D eigenvalue weighted by molar-refractivity contribution is 0.403. The number of halogens is 2. The van der Waals surface area contributed by atoms with Crippen LogP contribution in [-0.2, 0) is 6.54 Å². The van der Waals surface area contributed by atoms with Gasteiger partial charge in [0.05, 0.1) is 5.69 Å². The largest absolute Gasteiger partial charge is 0.504 e. The van der Waals surface area contributed by atoms with Crippen molar-refractivity contribution in [2.24, 2.45) is 0 Å². The molecule has 0 heterocycles. The van der Waals surface area contributed by atoms with E-state index in [0.717, 1.165) is 15.7 Å². The maximum atomic E-state index is 9.39. The summed E-state index contributed by atoms with van der Waals surface area (Å²) in [5, 5.41) is 22.4. The van der Waals surface area contributed by atoms with E-state index >= 15 is 0 Å². The molecule has 0 aliphatic heterocycles. The van der Waals surface area contributed by atoms with Crippen LogP contribution >= 0.6 is 27.5 Å². The molecule has 0 spiro atoms. The monoisotopic (exact) mass is 327 g/mol. The third kappa shape index (κ3) is 3.09. The van der Waals surface area contributed by atoms with Crippen molar-refractivity contribution >= 4 is 33.2 Å². The lowest BCUT2D eigenvalue weighted by atomic mass is 10.2. The fraction of sp³-hybridized carbons (Fsp3) is 0.0769. The molecule has 0 fully saturated rings. The zero-order valence-corrected chi connectivity index (χ0v) is 11.7. The normalized spacial score (nSPS) is 10.3. The number of aromatic hydroxyl groups is 2. The highest BCUT2D eigenvalue weighted by Crippen LogP contribution is 2.28. The van der Waals surface area contributed by atoms with E-state index in [1.54, 1.807) is 12.1 Å². The summed E-state index contributed by atoms with van der Waals surface area (Å²) in [6, 6.07) is 10.2. The van der Waals surface area contributed by atoms with Crippen LogP contribution < -0.4 is 5.32 Å². The summed E-state index contributed by atoms with van der Waals surface area (Å²) in [5.41, 5.74) is 1.73. The molecule has 0 amide bonds. The molecule has 2 aromatic rings. The summed E-state index contributed by atoms with van der Waals surface area (Å²) in [5.74, 6) is -0.248. The standard InChI is InChI=1S/C13H11BrClNO2/c14-10-3-2-9(15)6-11(10)16-7-8-1-4-12(17)13(18)5-8/h1-6,16-18H,7H2. The Hall–Kier alpha value is -1.39. The third-order valence-corrected chi connectivity index (χ3v) is 3.38. The van der Waals surface area contributed by atoms with Crippen LogP contribution in [0.5, 0.6) is 11.5 Å². The maximum absolute atomic E-state index is 9.39. The van der Waals surface area contributed by atoms with Crippen molar-refractivity contribution in [3.8, 4) is 11.5 Å². The van der Waals surface area contributed by atoms with Crippen molar-refractivity contribution in [3.63, 3.8) is 0 Å². The summed E-state index contributed by atoms with van der Waals surface area (Å²) in [6.07, 6.45) is 0. The first-order valence-corrected chi connectivity index (χ1v) is 6.43. The number of nitrogens with one attached hydrogen (secondary N) is 1. The molecule has 0 unspecified atom stereocenters. The first-order valence-electron chi connectivity index (χ1n) is 5.26. The highest BCUT2D eigenvalue weighted by molar-refractivity contribution is 9.10. The molecule has 3 nitrogen and oxygen atoms in total. The lowest BCUT2D eigenvalue weighted by Crippen LogP contribution is -1.99. The molecule has 0 saturated heterocycles. The number of hydrogen-bond acceptors (Lipinski definition) is 3. The Balaban J connectivity index is 2.11. The molecule has 5 heteroatoms. The van der Waals surface area contributed by atoms with Gasteiger partial charge >= 0.3 is 0 Å². The van der Waals surface area contributed by atoms with Gasteiger partial charge in [0, 0.05) is 16.0 Å². The van der Waals surface area contributed by atoms with Crippen molar-refractivity contribution in [2.75, 3.05) is 5.32 Å². The molecule has 2 aromatic carbocycles. The fourth-order valence-corrected chi connectivity index (χ4v) is 2.07. The van der Waals surface area contributed by atoms with E-state index in [0.29, 0.717) is 11.6 Å². The molecule has 0 aliphatic rings. The number of hydrogen-bond donors (Lipinski definition) is 3. The van der Waals surface area contributed by atoms with Gasteiger partial charge < -0.3 is 15.5 Å². The van der Waals surface area contributed by atoms with Crippen LogP contribution in [0.15, 0.2) is 40.9 Å². The minimum Gasteiger partial charge on any atom is -0.504 e. The Morgan fingerprint density at radius 2 is 1.83 bits per heavy atom. The van der Waals surface area contributed by atoms with Crippen molar-refractivity contribution < 1.29 is 10.2 Å². The van der Waals surface area contributed by atoms with Gasteiger partial charge in [-0.3, -0.25) is 0 Å². The van der Waals surface area contributed by atoms with E-state index < -0.39 is 0 Å². The van der Waals surface area contributed by atoms with Gasteiger partial charge in [0.1, 0.15) is 0 Å². The Morgan fingerprint density at radius 3 is 2.56 bits per heavy atom. The second kappa shape index (κ2) is 5.50. The highest BCUT2D eigenvalue weighted by Gasteiger charge is 2.03. The summed E-state index contributed by atoms with van der Waals surface area (Å²) in [4.78, 5) is 0. The number of phenolic OH excluding ortho intramolecular Hbond substituents is 2. The van der Waals surface area contributed by atoms with Gasteiger partial charge in [-0.1, -0.05) is 17.7 Å². The topological polar surface area (TPSA) is 52.5 Å². The molecule has 2 rings (SSSR count). The van der Waals surface area contributed by atoms with Gasteiger partial charge in [-0.2, -0.15) is 0 Å². The molecule has 0 aliphatic carbocycles. The first-order chi connectivity index (χ1) is 8.56. The first kappa shape index (κ1) is 13.1. The quantitative estimate of drug-likeness (QED) is 0.743. The second-order valence-corrected chi connectivity index (χ2v) is 5.09. The van der Waals surface area contributed by atoms with Gasteiger partial charge in [-0.15, -0.1) is 0 Å². The summed E-state index contributed by atoms with van der Waals surface area (Å²) in [6.45, 7) is 0.521. The smallest absolute Gasteiger partial charge is 0.157 e. The predicted molar refractivity (Wildman–Crippen MR) is 76.3 cm³/mol. The van der Waals surface area contributed by atoms with Crippen molar-refractivity contribution in [3.05, 3.63) is 51.5 Å². The summed E-state index contributed by atoms with van der Waals surface area (Å²) >= 11 is 9.33. The average Bonchev–Trinajstić information content (AvgIpc) is 2.34. The molecule has 0 aromatic heterocycles. The summed E-state index contributed by atoms with van der Waals surface area (Å²) < 4.78 is 0.912. The second-order valence-electron chi connectivity index (χ2n) is 3.80. The van der Waals surface area contributed by atoms with Gasteiger partial charge in [-0.25, -0.2) is 0 Å². The molecule has 0 atom stereocenters. The summed E-state index contributed by atoms with van der Waals surface area (Å²) in [7, 11) is 0. The molecule has 0 radical (unpaired) electrons. The van der Waals surface area contributed by atoms with Crippen LogP contribution in [0.4, 0.5) is 5.69 Å². The Morgan fingerprint density at radius 1 is 1.06 bits per heavy atom. The van der Waals surface area contributed by atoms with Crippen molar-refractivity contribution in [1.82, 2.24) is 0 Å². The van der Waals surface area contributed by atoms with E-state index in [4.69, 9.17) is 11.6 Å². The Labute approximate surface area is 118 Å². The van der Waals surface area contributed by atoms with Crippen molar-refractivity contribution in [1.29, 1.82) is 0 Å². The number of phenols is 2. The van der Waals surface area contributed by atoms with E-state index in [1.165, 1.54) is 12.1 Å². The van der Waals surface area contributed by atoms with E-state index in [2.05, 4.69) is 21.2 Å². The van der Waals surface area contributed by atoms with E-state index in [9.17, 15) is 10.2 Å². The number of benzene rings is 2. The molecular weight excluding hydrogens is 318 g/mol. The van der Waals surface area contributed by atoms with Gasteiger partial charge in [0.25, 0.3) is 0 Å². The van der Waals surface area contributed by atoms with Crippen LogP contribution in [0.1, 0.15) is 5.56 Å². The number of anilines is 1. The van der Waals surface area contributed by atoms with E-state index in [-0.39, 0.29) is 11.5 Å². The SMILES string of the molecule is Oc1ccc(CNc2cc(Cl)ccc2Br)cc1O. The number of rotatable bonds is 3. The predicted octanol–water partition coefficient (Wildman–Crippen LogP) is 4.13. The molecule has 0 bridgehead atoms. The zero-order valence-electron chi connectivity index (χ0n) is 9.32. The van der Waals surface area contributed by atoms with E-state index in [1.807, 2.05) is 12.1 Å². The molecule has 0 saturated carbocycles. The highest BCUT2D eigenvalue weighted by atomic mass is 79.9. The van der Waals surface area contributed by atoms with Gasteiger partial charge in [0.2, 0.25) is 0 Å². The fourth-order valence-electron chi connectivity index (χ4n) is 1.51. The minimum absolute atomic E-state index is 0.123. The molecule has 3 N–H and O–H groups in total. The van der Waals surface area contributed by atoms with Crippen LogP contribution in [0.25, 0.3) is 0 Å². The van der Waals surface area contributed by atoms with Crippen LogP contribution in [0, 0.1) is 0 Å². The maximum Gasteiger partial charge on any atom is 0.157 e. The molecule has 94 valence electrons. The molecule has 18 heavy (non-hydrogen) atoms. The molecular formula is C13H11BrClNO2.